The van der Waals surface area contributed by atoms with Crippen LogP contribution in [0.4, 0.5) is 0 Å². The number of carbonyl (C=O) groups is 1. The third kappa shape index (κ3) is 3.19. The van der Waals surface area contributed by atoms with Crippen LogP contribution in [0.2, 0.25) is 0 Å². The van der Waals surface area contributed by atoms with E-state index in [9.17, 15) is 4.79 Å². The summed E-state index contributed by atoms with van der Waals surface area (Å²) in [6.45, 7) is 6.90. The Morgan fingerprint density at radius 2 is 1.85 bits per heavy atom. The SMILES string of the molecule is CCOC(=O)C1(NC2CCCC2)CCCCC1C(C)C. The highest BCUT2D eigenvalue weighted by Gasteiger charge is 2.50. The molecule has 0 aromatic rings. The predicted octanol–water partition coefficient (Wildman–Crippen LogP) is 3.67. The van der Waals surface area contributed by atoms with Gasteiger partial charge in [-0.15, -0.1) is 0 Å². The lowest BCUT2D eigenvalue weighted by molar-refractivity contribution is -0.157. The molecule has 0 aromatic heterocycles. The maximum Gasteiger partial charge on any atom is 0.326 e. The highest BCUT2D eigenvalue weighted by atomic mass is 16.5. The van der Waals surface area contributed by atoms with Gasteiger partial charge in [-0.3, -0.25) is 10.1 Å². The van der Waals surface area contributed by atoms with Gasteiger partial charge < -0.3 is 4.74 Å². The van der Waals surface area contributed by atoms with Crippen molar-refractivity contribution in [3.05, 3.63) is 0 Å². The van der Waals surface area contributed by atoms with Crippen LogP contribution in [0.1, 0.15) is 72.1 Å². The Hall–Kier alpha value is -0.570. The zero-order valence-electron chi connectivity index (χ0n) is 13.4. The topological polar surface area (TPSA) is 38.3 Å². The summed E-state index contributed by atoms with van der Waals surface area (Å²) in [7, 11) is 0. The zero-order valence-corrected chi connectivity index (χ0v) is 13.4. The number of hydrogen-bond donors (Lipinski definition) is 1. The fourth-order valence-corrected chi connectivity index (χ4v) is 4.29. The standard InChI is InChI=1S/C17H31NO2/c1-4-20-16(19)17(18-14-9-5-6-10-14)12-8-7-11-15(17)13(2)3/h13-15,18H,4-12H2,1-3H3. The lowest BCUT2D eigenvalue weighted by Crippen LogP contribution is -2.63. The average molecular weight is 281 g/mol. The molecule has 0 heterocycles. The van der Waals surface area contributed by atoms with Crippen molar-refractivity contribution < 1.29 is 9.53 Å². The second-order valence-electron chi connectivity index (χ2n) is 6.91. The highest BCUT2D eigenvalue weighted by molar-refractivity contribution is 5.81. The summed E-state index contributed by atoms with van der Waals surface area (Å²) in [6, 6.07) is 0.513. The van der Waals surface area contributed by atoms with Crippen molar-refractivity contribution >= 4 is 5.97 Å². The van der Waals surface area contributed by atoms with Gasteiger partial charge in [-0.25, -0.2) is 0 Å². The zero-order chi connectivity index (χ0) is 14.6. The van der Waals surface area contributed by atoms with Crippen LogP contribution < -0.4 is 5.32 Å². The number of rotatable bonds is 5. The first-order chi connectivity index (χ1) is 9.60. The summed E-state index contributed by atoms with van der Waals surface area (Å²) >= 11 is 0. The molecule has 2 aliphatic carbocycles. The number of hydrogen-bond acceptors (Lipinski definition) is 3. The number of esters is 1. The molecule has 0 spiro atoms. The lowest BCUT2D eigenvalue weighted by atomic mass is 9.67. The van der Waals surface area contributed by atoms with Crippen LogP contribution in [0.25, 0.3) is 0 Å². The van der Waals surface area contributed by atoms with Gasteiger partial charge >= 0.3 is 5.97 Å². The van der Waals surface area contributed by atoms with Gasteiger partial charge in [-0.2, -0.15) is 0 Å². The molecule has 0 saturated heterocycles. The summed E-state index contributed by atoms with van der Waals surface area (Å²) in [4.78, 5) is 12.7. The predicted molar refractivity (Wildman–Crippen MR) is 81.6 cm³/mol. The Bertz CT molecular complexity index is 323. The molecule has 2 saturated carbocycles. The maximum atomic E-state index is 12.7. The second kappa shape index (κ2) is 6.93. The normalized spacial score (nSPS) is 31.7. The van der Waals surface area contributed by atoms with Crippen molar-refractivity contribution in [1.29, 1.82) is 0 Å². The van der Waals surface area contributed by atoms with Gasteiger partial charge in [-0.05, 0) is 44.4 Å². The van der Waals surface area contributed by atoms with Crippen molar-refractivity contribution in [3.8, 4) is 0 Å². The van der Waals surface area contributed by atoms with Crippen LogP contribution in [0.15, 0.2) is 0 Å². The van der Waals surface area contributed by atoms with Gasteiger partial charge in [0.15, 0.2) is 0 Å². The van der Waals surface area contributed by atoms with Gasteiger partial charge in [0, 0.05) is 6.04 Å². The summed E-state index contributed by atoms with van der Waals surface area (Å²) in [5.74, 6) is 0.940. The number of ether oxygens (including phenoxy) is 1. The van der Waals surface area contributed by atoms with Crippen LogP contribution in [-0.2, 0) is 9.53 Å². The Labute approximate surface area is 123 Å². The van der Waals surface area contributed by atoms with Crippen molar-refractivity contribution in [2.75, 3.05) is 6.61 Å². The average Bonchev–Trinajstić information content (AvgIpc) is 2.92. The van der Waals surface area contributed by atoms with Crippen molar-refractivity contribution in [1.82, 2.24) is 5.32 Å². The molecule has 0 amide bonds. The molecular formula is C17H31NO2. The molecule has 3 nitrogen and oxygen atoms in total. The highest BCUT2D eigenvalue weighted by Crippen LogP contribution is 2.40. The molecule has 0 aromatic carbocycles. The molecule has 1 N–H and O–H groups in total. The third-order valence-corrected chi connectivity index (χ3v) is 5.23. The first-order valence-corrected chi connectivity index (χ1v) is 8.55. The Balaban J connectivity index is 2.22. The van der Waals surface area contributed by atoms with Crippen LogP contribution in [0.5, 0.6) is 0 Å². The van der Waals surface area contributed by atoms with E-state index >= 15 is 0 Å². The van der Waals surface area contributed by atoms with Crippen molar-refractivity contribution in [2.24, 2.45) is 11.8 Å². The summed E-state index contributed by atoms with van der Waals surface area (Å²) < 4.78 is 5.47. The molecule has 116 valence electrons. The smallest absolute Gasteiger partial charge is 0.326 e. The number of carbonyl (C=O) groups excluding carboxylic acids is 1. The van der Waals surface area contributed by atoms with Crippen LogP contribution in [-0.4, -0.2) is 24.2 Å². The van der Waals surface area contributed by atoms with E-state index in [1.54, 1.807) is 0 Å². The molecule has 2 unspecified atom stereocenters. The van der Waals surface area contributed by atoms with Gasteiger partial charge in [-0.1, -0.05) is 39.5 Å². The largest absolute Gasteiger partial charge is 0.465 e. The van der Waals surface area contributed by atoms with E-state index in [0.717, 1.165) is 19.3 Å². The molecular weight excluding hydrogens is 250 g/mol. The molecule has 3 heteroatoms. The Morgan fingerprint density at radius 3 is 2.45 bits per heavy atom. The minimum atomic E-state index is -0.419. The molecule has 2 rings (SSSR count). The van der Waals surface area contributed by atoms with Crippen molar-refractivity contribution in [2.45, 2.75) is 83.7 Å². The first kappa shape index (κ1) is 15.8. The van der Waals surface area contributed by atoms with E-state index in [-0.39, 0.29) is 5.97 Å². The van der Waals surface area contributed by atoms with E-state index in [0.29, 0.717) is 24.5 Å². The summed E-state index contributed by atoms with van der Waals surface area (Å²) in [5.41, 5.74) is -0.419. The minimum absolute atomic E-state index is 0.00491. The van der Waals surface area contributed by atoms with E-state index < -0.39 is 5.54 Å². The molecule has 2 fully saturated rings. The maximum absolute atomic E-state index is 12.7. The van der Waals surface area contributed by atoms with E-state index in [1.807, 2.05) is 6.92 Å². The second-order valence-corrected chi connectivity index (χ2v) is 6.91. The van der Waals surface area contributed by atoms with Crippen LogP contribution in [0.3, 0.4) is 0 Å². The molecule has 2 atom stereocenters. The lowest BCUT2D eigenvalue weighted by Gasteiger charge is -2.46. The van der Waals surface area contributed by atoms with Crippen LogP contribution >= 0.6 is 0 Å². The van der Waals surface area contributed by atoms with Gasteiger partial charge in [0.05, 0.1) is 6.61 Å². The molecule has 0 radical (unpaired) electrons. The fourth-order valence-electron chi connectivity index (χ4n) is 4.29. The molecule has 20 heavy (non-hydrogen) atoms. The minimum Gasteiger partial charge on any atom is -0.465 e. The van der Waals surface area contributed by atoms with E-state index in [2.05, 4.69) is 19.2 Å². The van der Waals surface area contributed by atoms with Crippen molar-refractivity contribution in [3.63, 3.8) is 0 Å². The molecule has 0 bridgehead atoms. The third-order valence-electron chi connectivity index (χ3n) is 5.23. The quantitative estimate of drug-likeness (QED) is 0.781. The molecule has 0 aliphatic heterocycles. The Morgan fingerprint density at radius 1 is 1.20 bits per heavy atom. The molecule has 2 aliphatic rings. The van der Waals surface area contributed by atoms with Gasteiger partial charge in [0.25, 0.3) is 0 Å². The first-order valence-electron chi connectivity index (χ1n) is 8.55. The number of nitrogens with one attached hydrogen (secondary N) is 1. The van der Waals surface area contributed by atoms with Crippen LogP contribution in [0, 0.1) is 11.8 Å². The summed E-state index contributed by atoms with van der Waals surface area (Å²) in [5, 5.41) is 3.77. The van der Waals surface area contributed by atoms with E-state index in [4.69, 9.17) is 4.74 Å². The monoisotopic (exact) mass is 281 g/mol. The summed E-state index contributed by atoms with van der Waals surface area (Å²) in [6.07, 6.45) is 9.50. The van der Waals surface area contributed by atoms with Gasteiger partial charge in [0.2, 0.25) is 0 Å². The van der Waals surface area contributed by atoms with E-state index in [1.165, 1.54) is 32.1 Å². The Kier molecular flexibility index (Phi) is 5.48. The van der Waals surface area contributed by atoms with Gasteiger partial charge in [0.1, 0.15) is 5.54 Å². The fraction of sp³-hybridized carbons (Fsp3) is 0.941.